The normalized spacial score (nSPS) is 15.2. The van der Waals surface area contributed by atoms with Gasteiger partial charge in [0.15, 0.2) is 0 Å². The Morgan fingerprint density at radius 2 is 1.44 bits per heavy atom. The van der Waals surface area contributed by atoms with Gasteiger partial charge in [-0.2, -0.15) is 0 Å². The van der Waals surface area contributed by atoms with E-state index in [1.54, 1.807) is 6.92 Å². The highest BCUT2D eigenvalue weighted by molar-refractivity contribution is 5.87. The molecule has 0 spiro atoms. The fourth-order valence-electron chi connectivity index (χ4n) is 1.82. The summed E-state index contributed by atoms with van der Waals surface area (Å²) in [7, 11) is 0. The van der Waals surface area contributed by atoms with E-state index < -0.39 is 0 Å². The number of carbonyl (C=O) groups excluding carboxylic acids is 1. The van der Waals surface area contributed by atoms with Crippen LogP contribution in [0.4, 0.5) is 0 Å². The zero-order valence-corrected chi connectivity index (χ0v) is 11.1. The number of carbonyl (C=O) groups is 1. The Hall–Kier alpha value is -1.57. The lowest BCUT2D eigenvalue weighted by molar-refractivity contribution is -0.145. The van der Waals surface area contributed by atoms with E-state index in [9.17, 15) is 4.79 Å². The maximum atomic E-state index is 11.1. The first-order valence-corrected chi connectivity index (χ1v) is 6.56. The van der Waals surface area contributed by atoms with Crippen LogP contribution < -0.4 is 0 Å². The molecule has 0 radical (unpaired) electrons. The fraction of sp³-hybridized carbons (Fsp3) is 0.438. The van der Waals surface area contributed by atoms with Crippen LogP contribution in [-0.2, 0) is 9.53 Å². The Morgan fingerprint density at radius 1 is 1.00 bits per heavy atom. The summed E-state index contributed by atoms with van der Waals surface area (Å²) in [6.45, 7) is 5.23. The summed E-state index contributed by atoms with van der Waals surface area (Å²) in [5, 5.41) is 0. The molecule has 0 bridgehead atoms. The average Bonchev–Trinajstić information content (AvgIpc) is 2.42. The van der Waals surface area contributed by atoms with Crippen molar-refractivity contribution in [2.75, 3.05) is 0 Å². The monoisotopic (exact) mass is 246 g/mol. The molecule has 18 heavy (non-hydrogen) atoms. The van der Waals surface area contributed by atoms with Gasteiger partial charge in [-0.05, 0) is 32.6 Å². The Bertz CT molecular complexity index is 324. The Balaban J connectivity index is 0.000000225. The first-order chi connectivity index (χ1) is 8.70. The minimum Gasteiger partial charge on any atom is -0.459 e. The zero-order valence-electron chi connectivity index (χ0n) is 11.1. The van der Waals surface area contributed by atoms with Crippen LogP contribution in [0, 0.1) is 0 Å². The van der Waals surface area contributed by atoms with Crippen LogP contribution in [0.25, 0.3) is 0 Å². The minimum atomic E-state index is -0.234. The molecule has 1 saturated carbocycles. The molecule has 2 heteroatoms. The highest BCUT2D eigenvalue weighted by Crippen LogP contribution is 2.20. The van der Waals surface area contributed by atoms with Crippen LogP contribution in [0.1, 0.15) is 39.0 Å². The summed E-state index contributed by atoms with van der Waals surface area (Å²) in [5.74, 6) is -0.234. The highest BCUT2D eigenvalue weighted by Gasteiger charge is 2.17. The lowest BCUT2D eigenvalue weighted by Crippen LogP contribution is -2.20. The molecule has 0 saturated heterocycles. The SMILES string of the molecule is C=C(C)C(=O)OC1CCCCC1.c1ccccc1. The van der Waals surface area contributed by atoms with Gasteiger partial charge in [0.1, 0.15) is 6.10 Å². The second-order valence-electron chi connectivity index (χ2n) is 4.60. The summed E-state index contributed by atoms with van der Waals surface area (Å²) in [6.07, 6.45) is 5.87. The molecule has 0 aliphatic heterocycles. The predicted octanol–water partition coefficient (Wildman–Crippen LogP) is 4.13. The molecule has 1 fully saturated rings. The largest absolute Gasteiger partial charge is 0.459 e. The van der Waals surface area contributed by atoms with E-state index in [0.29, 0.717) is 5.57 Å². The molecule has 2 nitrogen and oxygen atoms in total. The van der Waals surface area contributed by atoms with Crippen molar-refractivity contribution in [3.05, 3.63) is 48.6 Å². The van der Waals surface area contributed by atoms with E-state index in [2.05, 4.69) is 6.58 Å². The molecule has 98 valence electrons. The predicted molar refractivity (Wildman–Crippen MR) is 74.2 cm³/mol. The smallest absolute Gasteiger partial charge is 0.333 e. The molecule has 1 aromatic carbocycles. The Kier molecular flexibility index (Phi) is 6.85. The molecule has 0 atom stereocenters. The van der Waals surface area contributed by atoms with Crippen LogP contribution in [0.2, 0.25) is 0 Å². The zero-order chi connectivity index (χ0) is 13.2. The van der Waals surface area contributed by atoms with E-state index in [1.165, 1.54) is 19.3 Å². The van der Waals surface area contributed by atoms with Crippen LogP contribution >= 0.6 is 0 Å². The number of hydrogen-bond donors (Lipinski definition) is 0. The van der Waals surface area contributed by atoms with Gasteiger partial charge in [-0.3, -0.25) is 0 Å². The van der Waals surface area contributed by atoms with E-state index >= 15 is 0 Å². The van der Waals surface area contributed by atoms with Crippen molar-refractivity contribution in [1.29, 1.82) is 0 Å². The lowest BCUT2D eigenvalue weighted by atomic mass is 9.98. The fourth-order valence-corrected chi connectivity index (χ4v) is 1.82. The van der Waals surface area contributed by atoms with Crippen molar-refractivity contribution in [2.45, 2.75) is 45.1 Å². The van der Waals surface area contributed by atoms with Crippen LogP contribution in [0.5, 0.6) is 0 Å². The lowest BCUT2D eigenvalue weighted by Gasteiger charge is -2.21. The minimum absolute atomic E-state index is 0.156. The molecule has 1 aliphatic rings. The van der Waals surface area contributed by atoms with Crippen molar-refractivity contribution in [3.8, 4) is 0 Å². The number of ether oxygens (including phenoxy) is 1. The quantitative estimate of drug-likeness (QED) is 0.579. The van der Waals surface area contributed by atoms with Gasteiger partial charge < -0.3 is 4.74 Å². The van der Waals surface area contributed by atoms with Crippen molar-refractivity contribution in [2.24, 2.45) is 0 Å². The standard InChI is InChI=1S/C10H16O2.C6H6/c1-8(2)10(11)12-9-6-4-3-5-7-9;1-2-4-6-5-3-1/h9H,1,3-7H2,2H3;1-6H. The van der Waals surface area contributed by atoms with Crippen molar-refractivity contribution >= 4 is 5.97 Å². The maximum absolute atomic E-state index is 11.1. The van der Waals surface area contributed by atoms with E-state index in [1.807, 2.05) is 36.4 Å². The topological polar surface area (TPSA) is 26.3 Å². The molecular weight excluding hydrogens is 224 g/mol. The molecule has 0 unspecified atom stereocenters. The molecular formula is C16H22O2. The number of esters is 1. The Labute approximate surface area is 110 Å². The van der Waals surface area contributed by atoms with Gasteiger partial charge in [0.05, 0.1) is 0 Å². The van der Waals surface area contributed by atoms with Gasteiger partial charge in [0.25, 0.3) is 0 Å². The van der Waals surface area contributed by atoms with E-state index in [0.717, 1.165) is 12.8 Å². The van der Waals surface area contributed by atoms with Crippen LogP contribution in [0.3, 0.4) is 0 Å². The van der Waals surface area contributed by atoms with Gasteiger partial charge in [-0.25, -0.2) is 4.79 Å². The van der Waals surface area contributed by atoms with Crippen molar-refractivity contribution in [1.82, 2.24) is 0 Å². The maximum Gasteiger partial charge on any atom is 0.333 e. The van der Waals surface area contributed by atoms with E-state index in [4.69, 9.17) is 4.74 Å². The van der Waals surface area contributed by atoms with Crippen LogP contribution in [-0.4, -0.2) is 12.1 Å². The first-order valence-electron chi connectivity index (χ1n) is 6.56. The number of rotatable bonds is 2. The van der Waals surface area contributed by atoms with Crippen molar-refractivity contribution < 1.29 is 9.53 Å². The van der Waals surface area contributed by atoms with Gasteiger partial charge in [-0.1, -0.05) is 49.4 Å². The van der Waals surface area contributed by atoms with Gasteiger partial charge >= 0.3 is 5.97 Å². The number of hydrogen-bond acceptors (Lipinski definition) is 2. The molecule has 1 aromatic rings. The molecule has 2 rings (SSSR count). The summed E-state index contributed by atoms with van der Waals surface area (Å²) >= 11 is 0. The van der Waals surface area contributed by atoms with Crippen molar-refractivity contribution in [3.63, 3.8) is 0 Å². The summed E-state index contributed by atoms with van der Waals surface area (Å²) in [5.41, 5.74) is 0.501. The van der Waals surface area contributed by atoms with Gasteiger partial charge in [-0.15, -0.1) is 0 Å². The second kappa shape index (κ2) is 8.51. The van der Waals surface area contributed by atoms with Gasteiger partial charge in [0.2, 0.25) is 0 Å². The highest BCUT2D eigenvalue weighted by atomic mass is 16.5. The molecule has 0 amide bonds. The summed E-state index contributed by atoms with van der Waals surface area (Å²) in [6, 6.07) is 12.0. The third-order valence-corrected chi connectivity index (χ3v) is 2.84. The summed E-state index contributed by atoms with van der Waals surface area (Å²) in [4.78, 5) is 11.1. The number of benzene rings is 1. The molecule has 0 N–H and O–H groups in total. The van der Waals surface area contributed by atoms with Crippen LogP contribution in [0.15, 0.2) is 48.6 Å². The second-order valence-corrected chi connectivity index (χ2v) is 4.60. The average molecular weight is 246 g/mol. The molecule has 0 heterocycles. The Morgan fingerprint density at radius 3 is 1.83 bits per heavy atom. The third kappa shape index (κ3) is 6.24. The molecule has 1 aliphatic carbocycles. The summed E-state index contributed by atoms with van der Waals surface area (Å²) < 4.78 is 5.21. The molecule has 0 aromatic heterocycles. The first kappa shape index (κ1) is 14.5. The third-order valence-electron chi connectivity index (χ3n) is 2.84. The van der Waals surface area contributed by atoms with E-state index in [-0.39, 0.29) is 12.1 Å². The van der Waals surface area contributed by atoms with Gasteiger partial charge in [0, 0.05) is 5.57 Å².